The smallest absolute Gasteiger partial charge is 0.288 e. The van der Waals surface area contributed by atoms with Crippen molar-refractivity contribution in [2.45, 2.75) is 24.8 Å². The Morgan fingerprint density at radius 1 is 1.18 bits per heavy atom. The molecule has 0 fully saturated rings. The lowest BCUT2D eigenvalue weighted by molar-refractivity contribution is -0.387. The molecule has 0 saturated heterocycles. The van der Waals surface area contributed by atoms with Gasteiger partial charge in [0.05, 0.1) is 4.92 Å². The molecule has 0 radical (unpaired) electrons. The van der Waals surface area contributed by atoms with E-state index in [1.807, 2.05) is 24.4 Å². The van der Waals surface area contributed by atoms with E-state index in [9.17, 15) is 23.3 Å². The second-order valence-electron chi connectivity index (χ2n) is 6.45. The number of hydrogen-bond donors (Lipinski definition) is 1. The third-order valence-corrected chi connectivity index (χ3v) is 5.45. The minimum absolute atomic E-state index is 0.00255. The topological polar surface area (TPSA) is 111 Å². The van der Waals surface area contributed by atoms with Crippen LogP contribution in [0, 0.1) is 10.1 Å². The zero-order valence-electron chi connectivity index (χ0n) is 15.4. The fraction of sp³-hybridized carbons (Fsp3) is 0.211. The van der Waals surface area contributed by atoms with Crippen LogP contribution in [0.25, 0.3) is 10.9 Å². The summed E-state index contributed by atoms with van der Waals surface area (Å²) in [6, 6.07) is 10.7. The van der Waals surface area contributed by atoms with Gasteiger partial charge in [0.2, 0.25) is 0 Å². The quantitative estimate of drug-likeness (QED) is 0.501. The van der Waals surface area contributed by atoms with Gasteiger partial charge in [0, 0.05) is 47.2 Å². The van der Waals surface area contributed by atoms with E-state index in [1.165, 1.54) is 6.07 Å². The molecule has 0 unspecified atom stereocenters. The summed E-state index contributed by atoms with van der Waals surface area (Å²) in [5.74, 6) is -0.560. The standard InChI is InChI=1S/C19H19N3O5S/c1-3-9-21-10-8-13-11-15(5-6-16(13)21)20-19(23)14-4-7-18(28(2,26)27)17(12-14)22(24)25/h4-8,10-12H,3,9H2,1-2H3,(H,20,23). The van der Waals surface area contributed by atoms with Crippen LogP contribution in [0.4, 0.5) is 11.4 Å². The van der Waals surface area contributed by atoms with Crippen molar-refractivity contribution in [3.8, 4) is 0 Å². The molecule has 0 saturated carbocycles. The maximum atomic E-state index is 12.5. The molecule has 1 N–H and O–H groups in total. The van der Waals surface area contributed by atoms with Crippen molar-refractivity contribution < 1.29 is 18.1 Å². The summed E-state index contributed by atoms with van der Waals surface area (Å²) in [5.41, 5.74) is 0.972. The summed E-state index contributed by atoms with van der Waals surface area (Å²) in [7, 11) is -3.78. The minimum Gasteiger partial charge on any atom is -0.347 e. The van der Waals surface area contributed by atoms with Crippen LogP contribution in [-0.2, 0) is 16.4 Å². The highest BCUT2D eigenvalue weighted by atomic mass is 32.2. The van der Waals surface area contributed by atoms with Crippen LogP contribution in [0.3, 0.4) is 0 Å². The van der Waals surface area contributed by atoms with Crippen LogP contribution in [0.5, 0.6) is 0 Å². The zero-order chi connectivity index (χ0) is 20.5. The SMILES string of the molecule is CCCn1ccc2cc(NC(=O)c3ccc(S(C)(=O)=O)c([N+](=O)[O-])c3)ccc21. The number of nitrogens with one attached hydrogen (secondary N) is 1. The van der Waals surface area contributed by atoms with E-state index in [1.54, 1.807) is 6.07 Å². The molecular weight excluding hydrogens is 382 g/mol. The number of benzene rings is 2. The van der Waals surface area contributed by atoms with E-state index < -0.39 is 31.3 Å². The van der Waals surface area contributed by atoms with Crippen molar-refractivity contribution in [1.82, 2.24) is 4.57 Å². The number of rotatable bonds is 6. The fourth-order valence-corrected chi connectivity index (χ4v) is 3.86. The highest BCUT2D eigenvalue weighted by Crippen LogP contribution is 2.26. The van der Waals surface area contributed by atoms with Gasteiger partial charge in [-0.15, -0.1) is 0 Å². The molecule has 1 amide bonds. The highest BCUT2D eigenvalue weighted by Gasteiger charge is 2.24. The number of aryl methyl sites for hydroxylation is 1. The Kier molecular flexibility index (Phi) is 5.19. The van der Waals surface area contributed by atoms with Crippen molar-refractivity contribution in [3.05, 3.63) is 64.3 Å². The number of nitro groups is 1. The van der Waals surface area contributed by atoms with Crippen molar-refractivity contribution in [2.24, 2.45) is 0 Å². The summed E-state index contributed by atoms with van der Waals surface area (Å²) in [5, 5.41) is 14.9. The minimum atomic E-state index is -3.78. The third-order valence-electron chi connectivity index (χ3n) is 4.31. The molecule has 1 heterocycles. The fourth-order valence-electron chi connectivity index (χ4n) is 3.03. The summed E-state index contributed by atoms with van der Waals surface area (Å²) < 4.78 is 25.5. The lowest BCUT2D eigenvalue weighted by Crippen LogP contribution is -2.13. The van der Waals surface area contributed by atoms with Gasteiger partial charge in [0.25, 0.3) is 11.6 Å². The molecule has 3 rings (SSSR count). The summed E-state index contributed by atoms with van der Waals surface area (Å²) in [6.07, 6.45) is 3.87. The Bertz CT molecular complexity index is 1180. The summed E-state index contributed by atoms with van der Waals surface area (Å²) in [4.78, 5) is 22.5. The number of fused-ring (bicyclic) bond motifs is 1. The van der Waals surface area contributed by atoms with E-state index in [0.29, 0.717) is 5.69 Å². The molecular formula is C19H19N3O5S. The molecule has 9 heteroatoms. The zero-order valence-corrected chi connectivity index (χ0v) is 16.2. The maximum Gasteiger partial charge on any atom is 0.288 e. The second-order valence-corrected chi connectivity index (χ2v) is 8.43. The number of carbonyl (C=O) groups excluding carboxylic acids is 1. The first-order valence-corrected chi connectivity index (χ1v) is 10.5. The Labute approximate surface area is 161 Å². The van der Waals surface area contributed by atoms with E-state index in [4.69, 9.17) is 0 Å². The first-order valence-electron chi connectivity index (χ1n) is 8.59. The first kappa shape index (κ1) is 19.6. The molecule has 0 atom stereocenters. The van der Waals surface area contributed by atoms with Gasteiger partial charge in [-0.25, -0.2) is 8.42 Å². The normalized spacial score (nSPS) is 11.5. The Hall–Kier alpha value is -3.20. The predicted octanol–water partition coefficient (Wildman–Crippen LogP) is 3.62. The van der Waals surface area contributed by atoms with Crippen molar-refractivity contribution in [3.63, 3.8) is 0 Å². The van der Waals surface area contributed by atoms with E-state index in [0.717, 1.165) is 42.3 Å². The molecule has 0 bridgehead atoms. The van der Waals surface area contributed by atoms with Gasteiger partial charge in [0.15, 0.2) is 9.84 Å². The molecule has 2 aromatic carbocycles. The molecule has 0 spiro atoms. The Balaban J connectivity index is 1.89. The number of carbonyl (C=O) groups is 1. The van der Waals surface area contributed by atoms with Crippen molar-refractivity contribution in [2.75, 3.05) is 11.6 Å². The van der Waals surface area contributed by atoms with E-state index in [2.05, 4.69) is 16.8 Å². The number of nitro benzene ring substituents is 1. The third kappa shape index (κ3) is 3.89. The molecule has 1 aromatic heterocycles. The maximum absolute atomic E-state index is 12.5. The van der Waals surface area contributed by atoms with Gasteiger partial charge in [-0.05, 0) is 42.8 Å². The van der Waals surface area contributed by atoms with Gasteiger partial charge in [-0.3, -0.25) is 14.9 Å². The monoisotopic (exact) mass is 401 g/mol. The average Bonchev–Trinajstić information content (AvgIpc) is 3.03. The lowest BCUT2D eigenvalue weighted by atomic mass is 10.1. The molecule has 3 aromatic rings. The van der Waals surface area contributed by atoms with Crippen LogP contribution in [0.2, 0.25) is 0 Å². The predicted molar refractivity (Wildman–Crippen MR) is 106 cm³/mol. The lowest BCUT2D eigenvalue weighted by Gasteiger charge is -2.08. The molecule has 0 aliphatic heterocycles. The number of sulfone groups is 1. The van der Waals surface area contributed by atoms with Crippen molar-refractivity contribution >= 4 is 38.0 Å². The molecule has 0 aliphatic rings. The van der Waals surface area contributed by atoms with Gasteiger partial charge in [-0.1, -0.05) is 6.92 Å². The number of aromatic nitrogens is 1. The van der Waals surface area contributed by atoms with Gasteiger partial charge >= 0.3 is 0 Å². The van der Waals surface area contributed by atoms with Gasteiger partial charge < -0.3 is 9.88 Å². The molecule has 0 aliphatic carbocycles. The van der Waals surface area contributed by atoms with Crippen LogP contribution in [0.15, 0.2) is 53.6 Å². The van der Waals surface area contributed by atoms with Gasteiger partial charge in [0.1, 0.15) is 4.90 Å². The number of nitrogens with zero attached hydrogens (tertiary/aromatic N) is 2. The van der Waals surface area contributed by atoms with Gasteiger partial charge in [-0.2, -0.15) is 0 Å². The largest absolute Gasteiger partial charge is 0.347 e. The summed E-state index contributed by atoms with van der Waals surface area (Å²) in [6.45, 7) is 2.99. The number of hydrogen-bond acceptors (Lipinski definition) is 5. The second kappa shape index (κ2) is 7.43. The summed E-state index contributed by atoms with van der Waals surface area (Å²) >= 11 is 0. The first-order chi connectivity index (χ1) is 13.2. The van der Waals surface area contributed by atoms with Crippen LogP contribution < -0.4 is 5.32 Å². The number of amides is 1. The Morgan fingerprint density at radius 3 is 2.57 bits per heavy atom. The molecule has 28 heavy (non-hydrogen) atoms. The molecule has 8 nitrogen and oxygen atoms in total. The van der Waals surface area contributed by atoms with Crippen LogP contribution in [0.1, 0.15) is 23.7 Å². The van der Waals surface area contributed by atoms with E-state index in [-0.39, 0.29) is 5.56 Å². The number of anilines is 1. The van der Waals surface area contributed by atoms with E-state index >= 15 is 0 Å². The Morgan fingerprint density at radius 2 is 1.93 bits per heavy atom. The highest BCUT2D eigenvalue weighted by molar-refractivity contribution is 7.90. The average molecular weight is 401 g/mol. The van der Waals surface area contributed by atoms with Crippen LogP contribution >= 0.6 is 0 Å². The van der Waals surface area contributed by atoms with Crippen molar-refractivity contribution in [1.29, 1.82) is 0 Å². The van der Waals surface area contributed by atoms with Crippen LogP contribution in [-0.4, -0.2) is 30.1 Å². The molecule has 146 valence electrons.